The van der Waals surface area contributed by atoms with Crippen LogP contribution >= 0.6 is 0 Å². The molecule has 0 spiro atoms. The first kappa shape index (κ1) is 23.3. The number of alkyl halides is 4. The number of hydrogen-bond donors (Lipinski definition) is 1. The molecule has 3 rings (SSSR count). The molecular formula is C16H24F4N6O2S. The van der Waals surface area contributed by atoms with Gasteiger partial charge < -0.3 is 5.73 Å². The SMILES string of the molecule is CCC(C)c1nc(C(F)(F)F)c2cnc(N)nn12.CS(=O)(=O)N1CCCC(F)C1. The molecule has 3 heterocycles. The third-order valence-corrected chi connectivity index (χ3v) is 5.82. The van der Waals surface area contributed by atoms with Gasteiger partial charge in [-0.2, -0.15) is 17.5 Å². The summed E-state index contributed by atoms with van der Waals surface area (Å²) in [6, 6.07) is 0. The van der Waals surface area contributed by atoms with Gasteiger partial charge in [-0.15, -0.1) is 5.10 Å². The number of fused-ring (bicyclic) bond motifs is 1. The van der Waals surface area contributed by atoms with Gasteiger partial charge in [-0.25, -0.2) is 27.3 Å². The minimum absolute atomic E-state index is 0.0405. The fourth-order valence-electron chi connectivity index (χ4n) is 2.82. The molecule has 0 aliphatic carbocycles. The molecule has 1 fully saturated rings. The number of aromatic nitrogens is 4. The zero-order valence-electron chi connectivity index (χ0n) is 16.3. The Morgan fingerprint density at radius 3 is 2.52 bits per heavy atom. The van der Waals surface area contributed by atoms with E-state index in [9.17, 15) is 26.0 Å². The molecule has 2 atom stereocenters. The first-order chi connectivity index (χ1) is 13.3. The lowest BCUT2D eigenvalue weighted by Crippen LogP contribution is -2.39. The molecule has 0 saturated carbocycles. The summed E-state index contributed by atoms with van der Waals surface area (Å²) >= 11 is 0. The summed E-state index contributed by atoms with van der Waals surface area (Å²) in [6.45, 7) is 4.16. The highest BCUT2D eigenvalue weighted by molar-refractivity contribution is 7.88. The lowest BCUT2D eigenvalue weighted by atomic mass is 10.1. The van der Waals surface area contributed by atoms with E-state index in [1.807, 2.05) is 6.92 Å². The van der Waals surface area contributed by atoms with E-state index in [0.717, 1.165) is 17.0 Å². The number of rotatable bonds is 3. The van der Waals surface area contributed by atoms with Gasteiger partial charge in [0.15, 0.2) is 5.69 Å². The molecule has 0 aromatic carbocycles. The van der Waals surface area contributed by atoms with E-state index in [1.54, 1.807) is 6.92 Å². The van der Waals surface area contributed by atoms with E-state index in [-0.39, 0.29) is 29.8 Å². The molecule has 29 heavy (non-hydrogen) atoms. The smallest absolute Gasteiger partial charge is 0.367 e. The van der Waals surface area contributed by atoms with E-state index in [1.165, 1.54) is 4.31 Å². The minimum Gasteiger partial charge on any atom is -0.367 e. The summed E-state index contributed by atoms with van der Waals surface area (Å²) in [4.78, 5) is 7.24. The van der Waals surface area contributed by atoms with E-state index >= 15 is 0 Å². The Morgan fingerprint density at radius 2 is 2.03 bits per heavy atom. The number of nitrogens with two attached hydrogens (primary N) is 1. The Kier molecular flexibility index (Phi) is 7.04. The topological polar surface area (TPSA) is 106 Å². The third-order valence-electron chi connectivity index (χ3n) is 4.55. The number of halogens is 4. The molecule has 0 bridgehead atoms. The molecule has 0 radical (unpaired) electrons. The summed E-state index contributed by atoms with van der Waals surface area (Å²) < 4.78 is 75.3. The zero-order chi connectivity index (χ0) is 22.0. The summed E-state index contributed by atoms with van der Waals surface area (Å²) in [7, 11) is -3.17. The number of anilines is 1. The summed E-state index contributed by atoms with van der Waals surface area (Å²) in [5.41, 5.74) is 4.25. The van der Waals surface area contributed by atoms with Gasteiger partial charge in [0.2, 0.25) is 16.0 Å². The highest BCUT2D eigenvalue weighted by Gasteiger charge is 2.38. The van der Waals surface area contributed by atoms with Crippen molar-refractivity contribution in [3.8, 4) is 0 Å². The van der Waals surface area contributed by atoms with Crippen molar-refractivity contribution in [3.63, 3.8) is 0 Å². The molecule has 8 nitrogen and oxygen atoms in total. The first-order valence-electron chi connectivity index (χ1n) is 9.02. The van der Waals surface area contributed by atoms with Crippen molar-refractivity contribution in [1.82, 2.24) is 23.9 Å². The largest absolute Gasteiger partial charge is 0.435 e. The second-order valence-corrected chi connectivity index (χ2v) is 8.88. The van der Waals surface area contributed by atoms with E-state index < -0.39 is 28.1 Å². The van der Waals surface area contributed by atoms with Gasteiger partial charge in [0, 0.05) is 19.0 Å². The maximum atomic E-state index is 12.8. The predicted octanol–water partition coefficient (Wildman–Crippen LogP) is 2.62. The third kappa shape index (κ3) is 5.75. The van der Waals surface area contributed by atoms with Crippen LogP contribution < -0.4 is 5.73 Å². The molecule has 1 aliphatic heterocycles. The average Bonchev–Trinajstić information content (AvgIpc) is 3.00. The predicted molar refractivity (Wildman–Crippen MR) is 99.4 cm³/mol. The highest BCUT2D eigenvalue weighted by atomic mass is 32.2. The Hall–Kier alpha value is -2.02. The molecule has 1 aliphatic rings. The average molecular weight is 440 g/mol. The molecule has 13 heteroatoms. The molecule has 2 aromatic heterocycles. The number of piperidine rings is 1. The number of nitrogen functional groups attached to an aromatic ring is 1. The number of imidazole rings is 1. The van der Waals surface area contributed by atoms with Crippen LogP contribution in [0.15, 0.2) is 6.20 Å². The van der Waals surface area contributed by atoms with Crippen molar-refractivity contribution in [2.24, 2.45) is 0 Å². The summed E-state index contributed by atoms with van der Waals surface area (Å²) in [5, 5.41) is 3.80. The Morgan fingerprint density at radius 1 is 1.38 bits per heavy atom. The Bertz CT molecular complexity index is 947. The molecule has 0 amide bonds. The van der Waals surface area contributed by atoms with Gasteiger partial charge in [-0.05, 0) is 19.3 Å². The van der Waals surface area contributed by atoms with Crippen molar-refractivity contribution in [3.05, 3.63) is 17.7 Å². The first-order valence-corrected chi connectivity index (χ1v) is 10.9. The standard InChI is InChI=1S/C10H12F3N5.C6H12FNO2S/c1-3-5(2)8-16-7(10(11,12)13)6-4-15-9(14)17-18(6)8;1-11(9,10)8-4-2-3-6(7)5-8/h4-5H,3H2,1-2H3,(H2,14,17);6H,2-5H2,1H3. The Balaban J connectivity index is 0.000000234. The van der Waals surface area contributed by atoms with Gasteiger partial charge in [0.1, 0.15) is 17.5 Å². The Labute approximate surface area is 166 Å². The van der Waals surface area contributed by atoms with Crippen molar-refractivity contribution in [1.29, 1.82) is 0 Å². The van der Waals surface area contributed by atoms with Crippen LogP contribution in [-0.2, 0) is 16.2 Å². The van der Waals surface area contributed by atoms with Crippen LogP contribution in [0.4, 0.5) is 23.5 Å². The second kappa shape index (κ2) is 8.78. The van der Waals surface area contributed by atoms with E-state index in [0.29, 0.717) is 25.8 Å². The van der Waals surface area contributed by atoms with Gasteiger partial charge >= 0.3 is 6.18 Å². The molecule has 2 aromatic rings. The van der Waals surface area contributed by atoms with Gasteiger partial charge in [0.05, 0.1) is 12.5 Å². The number of nitrogens with zero attached hydrogens (tertiary/aromatic N) is 5. The van der Waals surface area contributed by atoms with Crippen LogP contribution in [0.5, 0.6) is 0 Å². The fourth-order valence-corrected chi connectivity index (χ4v) is 3.72. The fraction of sp³-hybridized carbons (Fsp3) is 0.688. The van der Waals surface area contributed by atoms with E-state index in [2.05, 4.69) is 15.1 Å². The maximum Gasteiger partial charge on any atom is 0.435 e. The maximum absolute atomic E-state index is 12.8. The minimum atomic E-state index is -4.53. The number of hydrogen-bond acceptors (Lipinski definition) is 6. The lowest BCUT2D eigenvalue weighted by molar-refractivity contribution is -0.139. The van der Waals surface area contributed by atoms with Crippen LogP contribution in [0.1, 0.15) is 50.5 Å². The molecule has 2 N–H and O–H groups in total. The number of sulfonamides is 1. The van der Waals surface area contributed by atoms with Crippen LogP contribution in [0.2, 0.25) is 0 Å². The van der Waals surface area contributed by atoms with Crippen LogP contribution in [0.25, 0.3) is 5.52 Å². The van der Waals surface area contributed by atoms with Crippen molar-refractivity contribution < 1.29 is 26.0 Å². The second-order valence-electron chi connectivity index (χ2n) is 6.90. The van der Waals surface area contributed by atoms with Crippen molar-refractivity contribution >= 4 is 21.5 Å². The normalized spacial score (nSPS) is 19.6. The lowest BCUT2D eigenvalue weighted by Gasteiger charge is -2.26. The van der Waals surface area contributed by atoms with Gasteiger partial charge in [-0.1, -0.05) is 13.8 Å². The van der Waals surface area contributed by atoms with Crippen molar-refractivity contribution in [2.45, 2.75) is 51.4 Å². The summed E-state index contributed by atoms with van der Waals surface area (Å²) in [5.74, 6) is 0.00926. The summed E-state index contributed by atoms with van der Waals surface area (Å²) in [6.07, 6.45) is -1.56. The van der Waals surface area contributed by atoms with Gasteiger partial charge in [0.25, 0.3) is 0 Å². The van der Waals surface area contributed by atoms with Crippen LogP contribution in [0, 0.1) is 0 Å². The highest BCUT2D eigenvalue weighted by Crippen LogP contribution is 2.33. The molecule has 2 unspecified atom stereocenters. The van der Waals surface area contributed by atoms with Crippen LogP contribution in [0.3, 0.4) is 0 Å². The van der Waals surface area contributed by atoms with Gasteiger partial charge in [-0.3, -0.25) is 0 Å². The molecule has 1 saturated heterocycles. The quantitative estimate of drug-likeness (QED) is 0.736. The van der Waals surface area contributed by atoms with Crippen molar-refractivity contribution in [2.75, 3.05) is 25.1 Å². The zero-order valence-corrected chi connectivity index (χ0v) is 17.1. The molecule has 164 valence electrons. The molecular weight excluding hydrogens is 416 g/mol. The monoisotopic (exact) mass is 440 g/mol. The van der Waals surface area contributed by atoms with E-state index in [4.69, 9.17) is 5.73 Å². The van der Waals surface area contributed by atoms with Crippen LogP contribution in [-0.4, -0.2) is 57.8 Å².